The Hall–Kier alpha value is -1.62. The Kier molecular flexibility index (Phi) is 3.61. The van der Waals surface area contributed by atoms with E-state index in [1.165, 1.54) is 12.8 Å². The largest absolute Gasteiger partial charge is 0.378 e. The molecule has 108 valence electrons. The zero-order valence-electron chi connectivity index (χ0n) is 11.7. The zero-order chi connectivity index (χ0) is 14.1. The van der Waals surface area contributed by atoms with Gasteiger partial charge in [0, 0.05) is 18.7 Å². The minimum atomic E-state index is -0.312. The first kappa shape index (κ1) is 13.4. The lowest BCUT2D eigenvalue weighted by Crippen LogP contribution is -2.35. The Balaban J connectivity index is 1.75. The second-order valence-corrected chi connectivity index (χ2v) is 5.84. The van der Waals surface area contributed by atoms with Gasteiger partial charge in [0.15, 0.2) is 0 Å². The van der Waals surface area contributed by atoms with Gasteiger partial charge in [-0.15, -0.1) is 0 Å². The molecule has 1 aromatic rings. The third kappa shape index (κ3) is 2.77. The number of aryl methyl sites for hydroxylation is 1. The van der Waals surface area contributed by atoms with Crippen LogP contribution in [-0.4, -0.2) is 23.7 Å². The highest BCUT2D eigenvalue weighted by Crippen LogP contribution is 2.39. The first-order valence-electron chi connectivity index (χ1n) is 7.27. The zero-order valence-corrected chi connectivity index (χ0v) is 11.7. The molecule has 1 aromatic carbocycles. The second kappa shape index (κ2) is 5.40. The maximum atomic E-state index is 11.1. The van der Waals surface area contributed by atoms with Crippen molar-refractivity contribution in [1.29, 1.82) is 0 Å². The van der Waals surface area contributed by atoms with Crippen molar-refractivity contribution in [3.05, 3.63) is 33.9 Å². The van der Waals surface area contributed by atoms with E-state index in [1.54, 1.807) is 12.1 Å². The minimum Gasteiger partial charge on any atom is -0.378 e. The topological polar surface area (TPSA) is 64.4 Å². The van der Waals surface area contributed by atoms with Crippen LogP contribution in [0.4, 0.5) is 11.4 Å². The molecule has 1 aliphatic carbocycles. The number of nitrogens with one attached hydrogen (secondary N) is 1. The fourth-order valence-corrected chi connectivity index (χ4v) is 2.95. The lowest BCUT2D eigenvalue weighted by atomic mass is 9.99. The van der Waals surface area contributed by atoms with Gasteiger partial charge in [-0.3, -0.25) is 10.1 Å². The van der Waals surface area contributed by atoms with E-state index in [-0.39, 0.29) is 16.7 Å². The van der Waals surface area contributed by atoms with Crippen molar-refractivity contribution in [2.75, 3.05) is 11.9 Å². The van der Waals surface area contributed by atoms with E-state index in [0.29, 0.717) is 17.7 Å². The third-order valence-corrected chi connectivity index (χ3v) is 4.26. The highest BCUT2D eigenvalue weighted by molar-refractivity contribution is 5.66. The van der Waals surface area contributed by atoms with Crippen LogP contribution in [-0.2, 0) is 4.74 Å². The Morgan fingerprint density at radius 1 is 1.35 bits per heavy atom. The number of nitro groups is 1. The van der Waals surface area contributed by atoms with Gasteiger partial charge in [0.25, 0.3) is 5.69 Å². The van der Waals surface area contributed by atoms with Gasteiger partial charge in [-0.05, 0) is 44.1 Å². The fourth-order valence-electron chi connectivity index (χ4n) is 2.95. The monoisotopic (exact) mass is 276 g/mol. The smallest absolute Gasteiger partial charge is 0.292 e. The maximum Gasteiger partial charge on any atom is 0.292 e. The average molecular weight is 276 g/mol. The van der Waals surface area contributed by atoms with Gasteiger partial charge >= 0.3 is 0 Å². The van der Waals surface area contributed by atoms with Crippen molar-refractivity contribution in [3.63, 3.8) is 0 Å². The molecule has 2 aliphatic rings. The Morgan fingerprint density at radius 3 is 2.85 bits per heavy atom. The van der Waals surface area contributed by atoms with Crippen LogP contribution in [0, 0.1) is 23.0 Å². The molecule has 0 radical (unpaired) electrons. The summed E-state index contributed by atoms with van der Waals surface area (Å²) < 4.78 is 5.80. The molecule has 2 fully saturated rings. The fraction of sp³-hybridized carbons (Fsp3) is 0.600. The molecule has 0 bridgehead atoms. The van der Waals surface area contributed by atoms with E-state index in [1.807, 2.05) is 13.0 Å². The van der Waals surface area contributed by atoms with E-state index in [9.17, 15) is 10.1 Å². The number of ether oxygens (including phenoxy) is 1. The summed E-state index contributed by atoms with van der Waals surface area (Å²) in [6.07, 6.45) is 4.73. The molecular formula is C15H20N2O3. The predicted molar refractivity (Wildman–Crippen MR) is 76.9 cm³/mol. The molecule has 1 saturated heterocycles. The molecule has 20 heavy (non-hydrogen) atoms. The average Bonchev–Trinajstić information content (AvgIpc) is 3.25. The van der Waals surface area contributed by atoms with Crippen LogP contribution < -0.4 is 5.32 Å². The van der Waals surface area contributed by atoms with Crippen LogP contribution in [0.1, 0.15) is 31.2 Å². The maximum absolute atomic E-state index is 11.1. The Bertz CT molecular complexity index is 514. The first-order chi connectivity index (χ1) is 9.65. The predicted octanol–water partition coefficient (Wildman–Crippen LogP) is 3.27. The molecule has 5 heteroatoms. The Morgan fingerprint density at radius 2 is 2.15 bits per heavy atom. The van der Waals surface area contributed by atoms with Gasteiger partial charge in [-0.1, -0.05) is 12.1 Å². The molecule has 1 saturated carbocycles. The summed E-state index contributed by atoms with van der Waals surface area (Å²) in [6.45, 7) is 2.66. The number of benzene rings is 1. The quantitative estimate of drug-likeness (QED) is 0.677. The van der Waals surface area contributed by atoms with Gasteiger partial charge in [0.05, 0.1) is 11.0 Å². The standard InChI is InChI=1S/C15H20N2O3/c1-10-3-2-4-13(17(18)19)15(10)16-12-7-8-20-14(9-12)11-5-6-11/h2-4,11-12,14,16H,5-9H2,1H3. The minimum absolute atomic E-state index is 0.166. The molecule has 2 atom stereocenters. The molecule has 2 unspecified atom stereocenters. The number of hydrogen-bond donors (Lipinski definition) is 1. The van der Waals surface area contributed by atoms with E-state index >= 15 is 0 Å². The Labute approximate surface area is 118 Å². The normalized spacial score (nSPS) is 26.2. The van der Waals surface area contributed by atoms with Gasteiger partial charge in [0.2, 0.25) is 0 Å². The summed E-state index contributed by atoms with van der Waals surface area (Å²) in [6, 6.07) is 5.48. The number of hydrogen-bond acceptors (Lipinski definition) is 4. The molecule has 0 amide bonds. The van der Waals surface area contributed by atoms with Crippen molar-refractivity contribution in [2.45, 2.75) is 44.8 Å². The molecule has 3 rings (SSSR count). The highest BCUT2D eigenvalue weighted by atomic mass is 16.6. The van der Waals surface area contributed by atoms with E-state index in [0.717, 1.165) is 25.0 Å². The molecule has 5 nitrogen and oxygen atoms in total. The second-order valence-electron chi connectivity index (χ2n) is 5.84. The van der Waals surface area contributed by atoms with Crippen molar-refractivity contribution < 1.29 is 9.66 Å². The molecule has 1 heterocycles. The summed E-state index contributed by atoms with van der Waals surface area (Å²) in [7, 11) is 0. The molecule has 1 N–H and O–H groups in total. The van der Waals surface area contributed by atoms with E-state index < -0.39 is 0 Å². The number of rotatable bonds is 4. The van der Waals surface area contributed by atoms with Crippen molar-refractivity contribution in [2.24, 2.45) is 5.92 Å². The van der Waals surface area contributed by atoms with Crippen molar-refractivity contribution in [1.82, 2.24) is 0 Å². The highest BCUT2D eigenvalue weighted by Gasteiger charge is 2.36. The number of anilines is 1. The van der Waals surface area contributed by atoms with Crippen LogP contribution in [0.2, 0.25) is 0 Å². The molecule has 0 aromatic heterocycles. The van der Waals surface area contributed by atoms with Crippen LogP contribution in [0.15, 0.2) is 18.2 Å². The first-order valence-corrected chi connectivity index (χ1v) is 7.27. The van der Waals surface area contributed by atoms with E-state index in [2.05, 4.69) is 5.32 Å². The lowest BCUT2D eigenvalue weighted by Gasteiger charge is -2.31. The number of nitro benzene ring substituents is 1. The third-order valence-electron chi connectivity index (χ3n) is 4.26. The van der Waals surface area contributed by atoms with Crippen LogP contribution in [0.5, 0.6) is 0 Å². The summed E-state index contributed by atoms with van der Waals surface area (Å²) in [5.74, 6) is 0.714. The summed E-state index contributed by atoms with van der Waals surface area (Å²) in [5.41, 5.74) is 1.76. The lowest BCUT2D eigenvalue weighted by molar-refractivity contribution is -0.384. The van der Waals surface area contributed by atoms with E-state index in [4.69, 9.17) is 4.74 Å². The number of nitrogens with zero attached hydrogens (tertiary/aromatic N) is 1. The molecule has 1 aliphatic heterocycles. The van der Waals surface area contributed by atoms with Crippen LogP contribution >= 0.6 is 0 Å². The molecule has 0 spiro atoms. The van der Waals surface area contributed by atoms with Crippen LogP contribution in [0.25, 0.3) is 0 Å². The number of para-hydroxylation sites is 1. The summed E-state index contributed by atoms with van der Waals surface area (Å²) in [4.78, 5) is 10.8. The molecular weight excluding hydrogens is 256 g/mol. The van der Waals surface area contributed by atoms with Gasteiger partial charge in [0.1, 0.15) is 5.69 Å². The van der Waals surface area contributed by atoms with Crippen LogP contribution in [0.3, 0.4) is 0 Å². The van der Waals surface area contributed by atoms with Gasteiger partial charge < -0.3 is 10.1 Å². The van der Waals surface area contributed by atoms with Gasteiger partial charge in [-0.2, -0.15) is 0 Å². The summed E-state index contributed by atoms with van der Waals surface area (Å²) in [5, 5.41) is 14.5. The SMILES string of the molecule is Cc1cccc([N+](=O)[O-])c1NC1CCOC(C2CC2)C1. The van der Waals surface area contributed by atoms with Gasteiger partial charge in [-0.25, -0.2) is 0 Å². The summed E-state index contributed by atoms with van der Waals surface area (Å²) >= 11 is 0. The van der Waals surface area contributed by atoms with Crippen molar-refractivity contribution >= 4 is 11.4 Å². The van der Waals surface area contributed by atoms with Crippen molar-refractivity contribution in [3.8, 4) is 0 Å².